The van der Waals surface area contributed by atoms with Crippen LogP contribution in [-0.2, 0) is 20.1 Å². The van der Waals surface area contributed by atoms with Crippen LogP contribution >= 0.6 is 0 Å². The van der Waals surface area contributed by atoms with Crippen molar-refractivity contribution in [3.05, 3.63) is 87.1 Å². The molecule has 0 N–H and O–H groups in total. The fourth-order valence-corrected chi connectivity index (χ4v) is 4.63. The molecule has 0 aliphatic carbocycles. The van der Waals surface area contributed by atoms with Gasteiger partial charge in [-0.3, -0.25) is 13.9 Å². The Morgan fingerprint density at radius 1 is 1.06 bits per heavy atom. The van der Waals surface area contributed by atoms with Crippen LogP contribution in [0.3, 0.4) is 0 Å². The van der Waals surface area contributed by atoms with Crippen molar-refractivity contribution in [2.24, 2.45) is 13.0 Å². The summed E-state index contributed by atoms with van der Waals surface area (Å²) in [4.78, 5) is 33.5. The Labute approximate surface area is 203 Å². The van der Waals surface area contributed by atoms with Gasteiger partial charge in [0.05, 0.1) is 6.61 Å². The molecule has 0 radical (unpaired) electrons. The number of rotatable bonds is 6. The summed E-state index contributed by atoms with van der Waals surface area (Å²) < 4.78 is 10.3. The summed E-state index contributed by atoms with van der Waals surface area (Å²) in [5.41, 5.74) is 2.14. The van der Waals surface area contributed by atoms with Crippen molar-refractivity contribution in [2.75, 3.05) is 18.1 Å². The predicted octanol–water partition coefficient (Wildman–Crippen LogP) is 3.80. The second-order valence-electron chi connectivity index (χ2n) is 8.91. The molecule has 2 aromatic heterocycles. The summed E-state index contributed by atoms with van der Waals surface area (Å²) >= 11 is 0. The van der Waals surface area contributed by atoms with Crippen LogP contribution in [-0.4, -0.2) is 31.8 Å². The van der Waals surface area contributed by atoms with E-state index in [9.17, 15) is 9.59 Å². The minimum Gasteiger partial charge on any atom is -0.494 e. The lowest BCUT2D eigenvalue weighted by molar-refractivity contribution is 0.340. The van der Waals surface area contributed by atoms with Crippen molar-refractivity contribution < 1.29 is 4.74 Å². The summed E-state index contributed by atoms with van der Waals surface area (Å²) in [6, 6.07) is 17.7. The Balaban J connectivity index is 1.58. The molecular formula is C27H29N5O3. The monoisotopic (exact) mass is 471 g/mol. The van der Waals surface area contributed by atoms with E-state index in [2.05, 4.69) is 11.8 Å². The first-order valence-electron chi connectivity index (χ1n) is 11.9. The van der Waals surface area contributed by atoms with E-state index in [1.807, 2.05) is 78.2 Å². The van der Waals surface area contributed by atoms with Gasteiger partial charge in [0.1, 0.15) is 5.75 Å². The number of benzene rings is 2. The average molecular weight is 472 g/mol. The number of hydrogen-bond acceptors (Lipinski definition) is 5. The van der Waals surface area contributed by atoms with E-state index >= 15 is 0 Å². The molecule has 8 nitrogen and oxygen atoms in total. The topological polar surface area (TPSA) is 74.3 Å². The lowest BCUT2D eigenvalue weighted by Gasteiger charge is -2.33. The van der Waals surface area contributed by atoms with E-state index in [-0.39, 0.29) is 23.7 Å². The lowest BCUT2D eigenvalue weighted by Crippen LogP contribution is -2.40. The van der Waals surface area contributed by atoms with E-state index < -0.39 is 0 Å². The summed E-state index contributed by atoms with van der Waals surface area (Å²) in [6.07, 6.45) is 3.75. The number of nitrogens with zero attached hydrogens (tertiary/aromatic N) is 5. The Morgan fingerprint density at radius 2 is 1.80 bits per heavy atom. The van der Waals surface area contributed by atoms with Crippen LogP contribution in [0.15, 0.2) is 70.3 Å². The molecular weight excluding hydrogens is 442 g/mol. The van der Waals surface area contributed by atoms with Gasteiger partial charge in [-0.2, -0.15) is 4.98 Å². The van der Waals surface area contributed by atoms with Crippen molar-refractivity contribution in [3.63, 3.8) is 0 Å². The summed E-state index contributed by atoms with van der Waals surface area (Å²) in [6.45, 7) is 6.33. The number of anilines is 2. The van der Waals surface area contributed by atoms with E-state index in [0.29, 0.717) is 30.3 Å². The SMILES string of the molecule is CCOc1ccc(N2CC(C)Cn3c2nc2c3c(=O)n(C/C=C/c3ccccc3)c(=O)n2C)cc1. The molecule has 0 saturated carbocycles. The number of allylic oxidation sites excluding steroid dienone is 1. The molecule has 180 valence electrons. The zero-order chi connectivity index (χ0) is 24.5. The van der Waals surface area contributed by atoms with Crippen molar-refractivity contribution in [1.29, 1.82) is 0 Å². The minimum atomic E-state index is -0.378. The second-order valence-corrected chi connectivity index (χ2v) is 8.91. The summed E-state index contributed by atoms with van der Waals surface area (Å²) in [5, 5.41) is 0. The van der Waals surface area contributed by atoms with Gasteiger partial charge < -0.3 is 14.2 Å². The fourth-order valence-electron chi connectivity index (χ4n) is 4.63. The molecule has 1 aliphatic rings. The van der Waals surface area contributed by atoms with Crippen LogP contribution < -0.4 is 20.9 Å². The van der Waals surface area contributed by atoms with Crippen LogP contribution in [0.2, 0.25) is 0 Å². The standard InChI is InChI=1S/C27H29N5O3/c1-4-35-22-14-12-21(13-15-22)31-17-19(2)18-32-23-24(28-26(31)32)29(3)27(34)30(25(23)33)16-8-11-20-9-6-5-7-10-20/h5-15,19H,4,16-18H2,1-3H3/b11-8+. The van der Waals surface area contributed by atoms with Gasteiger partial charge in [0.2, 0.25) is 5.95 Å². The molecule has 1 atom stereocenters. The second kappa shape index (κ2) is 9.29. The molecule has 2 aromatic carbocycles. The van der Waals surface area contributed by atoms with Crippen molar-refractivity contribution in [2.45, 2.75) is 26.9 Å². The normalized spacial score (nSPS) is 15.6. The quantitative estimate of drug-likeness (QED) is 0.428. The third kappa shape index (κ3) is 4.16. The van der Waals surface area contributed by atoms with Crippen molar-refractivity contribution in [1.82, 2.24) is 18.7 Å². The molecule has 0 bridgehead atoms. The highest BCUT2D eigenvalue weighted by atomic mass is 16.5. The maximum absolute atomic E-state index is 13.6. The maximum Gasteiger partial charge on any atom is 0.332 e. The highest BCUT2D eigenvalue weighted by Crippen LogP contribution is 2.33. The number of fused-ring (bicyclic) bond motifs is 3. The van der Waals surface area contributed by atoms with Gasteiger partial charge in [-0.05, 0) is 42.7 Å². The largest absolute Gasteiger partial charge is 0.494 e. The van der Waals surface area contributed by atoms with Gasteiger partial charge in [0.25, 0.3) is 5.56 Å². The third-order valence-electron chi connectivity index (χ3n) is 6.30. The van der Waals surface area contributed by atoms with E-state index in [0.717, 1.165) is 23.5 Å². The van der Waals surface area contributed by atoms with Gasteiger partial charge in [0.15, 0.2) is 11.2 Å². The highest BCUT2D eigenvalue weighted by Gasteiger charge is 2.29. The van der Waals surface area contributed by atoms with Crippen LogP contribution in [0.5, 0.6) is 5.75 Å². The molecule has 35 heavy (non-hydrogen) atoms. The molecule has 0 fully saturated rings. The van der Waals surface area contributed by atoms with Gasteiger partial charge in [-0.15, -0.1) is 0 Å². The van der Waals surface area contributed by atoms with Gasteiger partial charge in [-0.1, -0.05) is 49.4 Å². The Bertz CT molecular complexity index is 1500. The molecule has 1 aliphatic heterocycles. The third-order valence-corrected chi connectivity index (χ3v) is 6.30. The number of aromatic nitrogens is 4. The van der Waals surface area contributed by atoms with Crippen molar-refractivity contribution in [3.8, 4) is 5.75 Å². The molecule has 8 heteroatoms. The predicted molar refractivity (Wildman–Crippen MR) is 138 cm³/mol. The fraction of sp³-hybridized carbons (Fsp3) is 0.296. The summed E-state index contributed by atoms with van der Waals surface area (Å²) in [5.74, 6) is 1.77. The van der Waals surface area contributed by atoms with E-state index in [1.165, 1.54) is 9.13 Å². The first-order chi connectivity index (χ1) is 17.0. The number of aryl methyl sites for hydroxylation is 1. The number of imidazole rings is 1. The molecule has 0 saturated heterocycles. The molecule has 1 unspecified atom stereocenters. The van der Waals surface area contributed by atoms with Crippen LogP contribution in [0.4, 0.5) is 11.6 Å². The molecule has 3 heterocycles. The Kier molecular flexibility index (Phi) is 6.03. The molecule has 5 rings (SSSR count). The zero-order valence-electron chi connectivity index (χ0n) is 20.2. The Hall–Kier alpha value is -4.07. The van der Waals surface area contributed by atoms with Gasteiger partial charge in [0, 0.05) is 32.4 Å². The summed E-state index contributed by atoms with van der Waals surface area (Å²) in [7, 11) is 1.67. The van der Waals surface area contributed by atoms with Crippen LogP contribution in [0, 0.1) is 5.92 Å². The first kappa shape index (κ1) is 22.7. The number of ether oxygens (including phenoxy) is 1. The minimum absolute atomic E-state index is 0.189. The van der Waals surface area contributed by atoms with Crippen molar-refractivity contribution >= 4 is 28.9 Å². The Morgan fingerprint density at radius 3 is 2.51 bits per heavy atom. The highest BCUT2D eigenvalue weighted by molar-refractivity contribution is 5.77. The van der Waals surface area contributed by atoms with Gasteiger partial charge >= 0.3 is 5.69 Å². The average Bonchev–Trinajstić information content (AvgIpc) is 3.25. The molecule has 0 spiro atoms. The maximum atomic E-state index is 13.6. The molecule has 4 aromatic rings. The first-order valence-corrected chi connectivity index (χ1v) is 11.9. The van der Waals surface area contributed by atoms with Gasteiger partial charge in [-0.25, -0.2) is 4.79 Å². The van der Waals surface area contributed by atoms with E-state index in [1.54, 1.807) is 7.05 Å². The molecule has 0 amide bonds. The van der Waals surface area contributed by atoms with Crippen LogP contribution in [0.25, 0.3) is 17.2 Å². The zero-order valence-corrected chi connectivity index (χ0v) is 20.2. The number of hydrogen-bond donors (Lipinski definition) is 0. The lowest BCUT2D eigenvalue weighted by atomic mass is 10.1. The van der Waals surface area contributed by atoms with E-state index in [4.69, 9.17) is 9.72 Å². The van der Waals surface area contributed by atoms with Crippen LogP contribution in [0.1, 0.15) is 19.4 Å². The smallest absolute Gasteiger partial charge is 0.332 e.